The Balaban J connectivity index is 1.08. The second kappa shape index (κ2) is 10.3. The van der Waals surface area contributed by atoms with Crippen LogP contribution < -0.4 is 15.5 Å². The molecule has 1 amide bonds. The van der Waals surface area contributed by atoms with Crippen molar-refractivity contribution >= 4 is 22.8 Å². The highest BCUT2D eigenvalue weighted by atomic mass is 16.5. The number of aryl methyl sites for hydroxylation is 4. The molecule has 11 heteroatoms. The van der Waals surface area contributed by atoms with Gasteiger partial charge in [-0.25, -0.2) is 9.97 Å². The van der Waals surface area contributed by atoms with Gasteiger partial charge in [-0.05, 0) is 64.2 Å². The molecular weight excluding hydrogens is 518 g/mol. The average molecular weight is 562 g/mol. The van der Waals surface area contributed by atoms with Crippen molar-refractivity contribution in [1.82, 2.24) is 40.2 Å². The van der Waals surface area contributed by atoms with E-state index < -0.39 is 0 Å². The summed E-state index contributed by atoms with van der Waals surface area (Å²) in [5.74, 6) is 2.40. The van der Waals surface area contributed by atoms with Crippen molar-refractivity contribution in [3.8, 4) is 0 Å². The molecule has 0 spiro atoms. The number of nitrogens with zero attached hydrogens (tertiary/aromatic N) is 7. The Morgan fingerprint density at radius 2 is 2.02 bits per heavy atom. The third-order valence-corrected chi connectivity index (χ3v) is 10.2. The van der Waals surface area contributed by atoms with Crippen molar-refractivity contribution in [3.63, 3.8) is 0 Å². The van der Waals surface area contributed by atoms with Gasteiger partial charge in [0.15, 0.2) is 5.82 Å². The number of aromatic nitrogens is 6. The molecule has 4 aliphatic rings. The van der Waals surface area contributed by atoms with E-state index >= 15 is 0 Å². The van der Waals surface area contributed by atoms with Gasteiger partial charge in [-0.3, -0.25) is 14.2 Å². The van der Waals surface area contributed by atoms with Gasteiger partial charge in [-0.1, -0.05) is 6.42 Å². The van der Waals surface area contributed by atoms with E-state index in [1.165, 1.54) is 36.9 Å². The first-order valence-electron chi connectivity index (χ1n) is 15.4. The molecule has 4 atom stereocenters. The standard InChI is InChI=1S/C30H43N9O2/c1-18-22-15-38(28-27-26(32-20(3)33-28)19(2)35-37(27)4)12-8-25(22)39(36-18)17-30-9-5-6-21(14-30)23(7-10-30)34-29(40)24-16-41-13-11-31-24/h21,23-24,31H,5-17H2,1-4H3,(H,34,40)/t21?,23?,24-,30?/m1/s1. The van der Waals surface area contributed by atoms with Gasteiger partial charge in [0.25, 0.3) is 0 Å². The zero-order valence-corrected chi connectivity index (χ0v) is 24.9. The molecule has 7 rings (SSSR count). The molecule has 3 fully saturated rings. The zero-order chi connectivity index (χ0) is 28.3. The Labute approximate surface area is 241 Å². The van der Waals surface area contributed by atoms with Crippen molar-refractivity contribution in [1.29, 1.82) is 0 Å². The maximum atomic E-state index is 12.9. The molecule has 3 unspecified atom stereocenters. The Morgan fingerprint density at radius 3 is 2.85 bits per heavy atom. The van der Waals surface area contributed by atoms with Crippen LogP contribution in [0.1, 0.15) is 67.0 Å². The summed E-state index contributed by atoms with van der Waals surface area (Å²) < 4.78 is 9.79. The minimum absolute atomic E-state index is 0.103. The molecule has 2 N–H and O–H groups in total. The molecule has 11 nitrogen and oxygen atoms in total. The van der Waals surface area contributed by atoms with Gasteiger partial charge in [0, 0.05) is 56.9 Å². The fourth-order valence-corrected chi connectivity index (χ4v) is 8.13. The summed E-state index contributed by atoms with van der Waals surface area (Å²) in [4.78, 5) is 24.9. The predicted molar refractivity (Wildman–Crippen MR) is 156 cm³/mol. The van der Waals surface area contributed by atoms with Crippen LogP contribution in [0.4, 0.5) is 5.82 Å². The lowest BCUT2D eigenvalue weighted by molar-refractivity contribution is -0.128. The second-order valence-corrected chi connectivity index (χ2v) is 12.9. The molecule has 3 aromatic rings. The molecule has 0 aromatic carbocycles. The highest BCUT2D eigenvalue weighted by Crippen LogP contribution is 2.50. The first-order valence-corrected chi connectivity index (χ1v) is 15.4. The van der Waals surface area contributed by atoms with Crippen LogP contribution in [0.3, 0.4) is 0 Å². The first kappa shape index (κ1) is 26.8. The van der Waals surface area contributed by atoms with E-state index in [0.717, 1.165) is 79.5 Å². The largest absolute Gasteiger partial charge is 0.378 e. The number of rotatable bonds is 5. The lowest BCUT2D eigenvalue weighted by Gasteiger charge is -2.49. The summed E-state index contributed by atoms with van der Waals surface area (Å²) in [6.07, 6.45) is 7.99. The summed E-state index contributed by atoms with van der Waals surface area (Å²) in [6, 6.07) is 0.0479. The molecule has 41 heavy (non-hydrogen) atoms. The SMILES string of the molecule is Cc1nc(N2CCc3c(c(C)nn3CC34CCCC(C3)C(NC(=O)[C@H]3COCCN3)CC4)C2)c2c(n1)c(C)nn2C. The van der Waals surface area contributed by atoms with Gasteiger partial charge in [0.2, 0.25) is 5.91 Å². The molecule has 5 heterocycles. The first-order chi connectivity index (χ1) is 19.8. The van der Waals surface area contributed by atoms with E-state index in [1.807, 2.05) is 25.6 Å². The number of fused-ring (bicyclic) bond motifs is 4. The molecule has 2 saturated carbocycles. The van der Waals surface area contributed by atoms with Crippen LogP contribution in [0.15, 0.2) is 0 Å². The van der Waals surface area contributed by atoms with E-state index in [9.17, 15) is 4.79 Å². The molecular formula is C30H43N9O2. The van der Waals surface area contributed by atoms with Crippen molar-refractivity contribution in [2.75, 3.05) is 31.2 Å². The number of amides is 1. The second-order valence-electron chi connectivity index (χ2n) is 12.9. The van der Waals surface area contributed by atoms with Crippen LogP contribution in [0.25, 0.3) is 11.0 Å². The van der Waals surface area contributed by atoms with E-state index in [4.69, 9.17) is 14.8 Å². The molecule has 0 radical (unpaired) electrons. The summed E-state index contributed by atoms with van der Waals surface area (Å²) in [5, 5.41) is 16.5. The zero-order valence-electron chi connectivity index (χ0n) is 24.9. The number of hydrogen-bond donors (Lipinski definition) is 2. The quantitative estimate of drug-likeness (QED) is 0.488. The number of nitrogens with one attached hydrogen (secondary N) is 2. The molecule has 1 saturated heterocycles. The lowest BCUT2D eigenvalue weighted by Crippen LogP contribution is -2.56. The monoisotopic (exact) mass is 561 g/mol. The van der Waals surface area contributed by atoms with Crippen molar-refractivity contribution in [2.24, 2.45) is 18.4 Å². The molecule has 3 aromatic heterocycles. The van der Waals surface area contributed by atoms with Gasteiger partial charge >= 0.3 is 0 Å². The van der Waals surface area contributed by atoms with Gasteiger partial charge in [-0.15, -0.1) is 0 Å². The number of ether oxygens (including phenoxy) is 1. The molecule has 2 aliphatic carbocycles. The van der Waals surface area contributed by atoms with Crippen LogP contribution in [0.5, 0.6) is 0 Å². The molecule has 2 bridgehead atoms. The van der Waals surface area contributed by atoms with E-state index in [-0.39, 0.29) is 23.4 Å². The summed E-state index contributed by atoms with van der Waals surface area (Å²) in [5.41, 5.74) is 7.00. The van der Waals surface area contributed by atoms with Crippen molar-refractivity contribution < 1.29 is 9.53 Å². The van der Waals surface area contributed by atoms with Gasteiger partial charge < -0.3 is 20.3 Å². The van der Waals surface area contributed by atoms with Crippen LogP contribution in [0.2, 0.25) is 0 Å². The van der Waals surface area contributed by atoms with Crippen LogP contribution in [0, 0.1) is 32.1 Å². The molecule has 220 valence electrons. The van der Waals surface area contributed by atoms with E-state index in [0.29, 0.717) is 19.1 Å². The molecule has 2 aliphatic heterocycles. The number of carbonyl (C=O) groups excluding carboxylic acids is 1. The normalized spacial score (nSPS) is 28.1. The number of anilines is 1. The summed E-state index contributed by atoms with van der Waals surface area (Å²) in [6.45, 7) is 10.7. The minimum Gasteiger partial charge on any atom is -0.378 e. The maximum absolute atomic E-state index is 12.9. The van der Waals surface area contributed by atoms with E-state index in [1.54, 1.807) is 0 Å². The highest BCUT2D eigenvalue weighted by Gasteiger charge is 2.45. The third-order valence-electron chi connectivity index (χ3n) is 10.2. The Bertz CT molecular complexity index is 1470. The predicted octanol–water partition coefficient (Wildman–Crippen LogP) is 2.49. The van der Waals surface area contributed by atoms with Crippen LogP contribution in [-0.4, -0.2) is 73.8 Å². The van der Waals surface area contributed by atoms with Gasteiger partial charge in [0.1, 0.15) is 22.9 Å². The Hall–Kier alpha value is -3.05. The Kier molecular flexibility index (Phi) is 6.77. The number of morpholine rings is 1. The fourth-order valence-electron chi connectivity index (χ4n) is 8.13. The van der Waals surface area contributed by atoms with Crippen LogP contribution >= 0.6 is 0 Å². The smallest absolute Gasteiger partial charge is 0.239 e. The lowest BCUT2D eigenvalue weighted by atomic mass is 9.60. The van der Waals surface area contributed by atoms with Gasteiger partial charge in [-0.2, -0.15) is 10.2 Å². The average Bonchev–Trinajstić information content (AvgIpc) is 3.43. The topological polar surface area (TPSA) is 115 Å². The fraction of sp³-hybridized carbons (Fsp3) is 0.700. The van der Waals surface area contributed by atoms with Crippen molar-refractivity contribution in [3.05, 3.63) is 28.5 Å². The van der Waals surface area contributed by atoms with Crippen molar-refractivity contribution in [2.45, 2.75) is 90.9 Å². The minimum atomic E-state index is -0.221. The van der Waals surface area contributed by atoms with Crippen LogP contribution in [-0.2, 0) is 36.1 Å². The maximum Gasteiger partial charge on any atom is 0.239 e. The summed E-state index contributed by atoms with van der Waals surface area (Å²) >= 11 is 0. The Morgan fingerprint density at radius 1 is 1.15 bits per heavy atom. The summed E-state index contributed by atoms with van der Waals surface area (Å²) in [7, 11) is 1.98. The van der Waals surface area contributed by atoms with E-state index in [2.05, 4.69) is 37.2 Å². The number of carbonyl (C=O) groups is 1. The highest BCUT2D eigenvalue weighted by molar-refractivity contribution is 5.88. The number of hydrogen-bond acceptors (Lipinski definition) is 8. The third kappa shape index (κ3) is 4.80. The van der Waals surface area contributed by atoms with Gasteiger partial charge in [0.05, 0.1) is 24.6 Å².